The quantitative estimate of drug-likeness (QED) is 0.722. The molecule has 4 nitrogen and oxygen atoms in total. The number of benzene rings is 3. The molecule has 1 amide bonds. The van der Waals surface area contributed by atoms with Crippen molar-refractivity contribution in [1.82, 2.24) is 5.32 Å². The van der Waals surface area contributed by atoms with Crippen LogP contribution in [0.25, 0.3) is 11.1 Å². The number of carbonyl (C=O) groups is 1. The Morgan fingerprint density at radius 2 is 1.44 bits per heavy atom. The molecule has 0 spiro atoms. The van der Waals surface area contributed by atoms with Gasteiger partial charge in [-0.2, -0.15) is 0 Å². The Balaban J connectivity index is 1.50. The summed E-state index contributed by atoms with van der Waals surface area (Å²) < 4.78 is 5.51. The van der Waals surface area contributed by atoms with E-state index in [-0.39, 0.29) is 18.3 Å². The van der Waals surface area contributed by atoms with Gasteiger partial charge >= 0.3 is 0 Å². The van der Waals surface area contributed by atoms with E-state index in [0.29, 0.717) is 12.3 Å². The molecule has 0 aliphatic rings. The zero-order valence-corrected chi connectivity index (χ0v) is 13.7. The van der Waals surface area contributed by atoms with Crippen LogP contribution >= 0.6 is 0 Å². The van der Waals surface area contributed by atoms with Gasteiger partial charge in [0, 0.05) is 6.54 Å². The molecule has 0 aromatic heterocycles. The normalized spacial score (nSPS) is 10.2. The van der Waals surface area contributed by atoms with Crippen LogP contribution < -0.4 is 10.1 Å². The van der Waals surface area contributed by atoms with Crippen LogP contribution in [0.2, 0.25) is 0 Å². The molecule has 0 saturated carbocycles. The summed E-state index contributed by atoms with van der Waals surface area (Å²) in [7, 11) is 0. The number of hydrogen-bond acceptors (Lipinski definition) is 3. The van der Waals surface area contributed by atoms with Crippen molar-refractivity contribution in [2.24, 2.45) is 0 Å². The number of nitrogens with one attached hydrogen (secondary N) is 1. The van der Waals surface area contributed by atoms with Crippen LogP contribution in [-0.4, -0.2) is 17.6 Å². The molecule has 0 aliphatic carbocycles. The van der Waals surface area contributed by atoms with Crippen molar-refractivity contribution < 1.29 is 14.6 Å². The summed E-state index contributed by atoms with van der Waals surface area (Å²) in [5, 5.41) is 12.2. The Morgan fingerprint density at radius 3 is 2.08 bits per heavy atom. The van der Waals surface area contributed by atoms with Crippen molar-refractivity contribution in [3.63, 3.8) is 0 Å². The number of phenols is 1. The molecule has 3 aromatic carbocycles. The van der Waals surface area contributed by atoms with Gasteiger partial charge in [0.15, 0.2) is 6.61 Å². The van der Waals surface area contributed by atoms with E-state index >= 15 is 0 Å². The van der Waals surface area contributed by atoms with Crippen LogP contribution in [0.5, 0.6) is 11.5 Å². The lowest BCUT2D eigenvalue weighted by Gasteiger charge is -2.08. The molecule has 2 N–H and O–H groups in total. The molecule has 0 atom stereocenters. The first-order valence-corrected chi connectivity index (χ1v) is 8.03. The van der Waals surface area contributed by atoms with Crippen molar-refractivity contribution in [2.75, 3.05) is 6.61 Å². The highest BCUT2D eigenvalue weighted by molar-refractivity contribution is 5.77. The molecule has 0 radical (unpaired) electrons. The van der Waals surface area contributed by atoms with E-state index in [2.05, 4.69) is 5.32 Å². The maximum Gasteiger partial charge on any atom is 0.258 e. The van der Waals surface area contributed by atoms with Gasteiger partial charge in [0.1, 0.15) is 11.5 Å². The SMILES string of the molecule is O=C(COc1ccc(-c2ccc(O)cc2)cc1)NCc1ccccc1. The van der Waals surface area contributed by atoms with Crippen molar-refractivity contribution >= 4 is 5.91 Å². The maximum atomic E-state index is 11.9. The fourth-order valence-electron chi connectivity index (χ4n) is 2.39. The minimum atomic E-state index is -0.161. The lowest BCUT2D eigenvalue weighted by atomic mass is 10.1. The molecule has 4 heteroatoms. The molecule has 25 heavy (non-hydrogen) atoms. The average Bonchev–Trinajstić information content (AvgIpc) is 2.67. The minimum absolute atomic E-state index is 0.0224. The number of carbonyl (C=O) groups excluding carboxylic acids is 1. The van der Waals surface area contributed by atoms with E-state index in [1.54, 1.807) is 12.1 Å². The number of phenolic OH excluding ortho intramolecular Hbond substituents is 1. The molecule has 0 fully saturated rings. The number of amides is 1. The van der Waals surface area contributed by atoms with Crippen LogP contribution in [0.3, 0.4) is 0 Å². The highest BCUT2D eigenvalue weighted by Gasteiger charge is 2.04. The first-order chi connectivity index (χ1) is 12.2. The summed E-state index contributed by atoms with van der Waals surface area (Å²) in [4.78, 5) is 11.9. The molecular weight excluding hydrogens is 314 g/mol. The molecular formula is C21H19NO3. The summed E-state index contributed by atoms with van der Waals surface area (Å²) in [6.45, 7) is 0.466. The van der Waals surface area contributed by atoms with E-state index in [9.17, 15) is 9.90 Å². The highest BCUT2D eigenvalue weighted by atomic mass is 16.5. The Labute approximate surface area is 146 Å². The smallest absolute Gasteiger partial charge is 0.258 e. The standard InChI is InChI=1S/C21H19NO3/c23-19-10-6-17(7-11-19)18-8-12-20(13-9-18)25-15-21(24)22-14-16-4-2-1-3-5-16/h1-13,23H,14-15H2,(H,22,24). The lowest BCUT2D eigenvalue weighted by molar-refractivity contribution is -0.123. The predicted octanol–water partition coefficient (Wildman–Crippen LogP) is 3.75. The summed E-state index contributed by atoms with van der Waals surface area (Å²) >= 11 is 0. The van der Waals surface area contributed by atoms with Gasteiger partial charge in [-0.1, -0.05) is 54.6 Å². The Kier molecular flexibility index (Phi) is 5.32. The fraction of sp³-hybridized carbons (Fsp3) is 0.0952. The lowest BCUT2D eigenvalue weighted by Crippen LogP contribution is -2.28. The summed E-state index contributed by atoms with van der Waals surface area (Å²) in [6, 6.07) is 24.2. The zero-order chi connectivity index (χ0) is 17.5. The summed E-state index contributed by atoms with van der Waals surface area (Å²) in [5.74, 6) is 0.717. The third kappa shape index (κ3) is 4.85. The van der Waals surface area contributed by atoms with Crippen molar-refractivity contribution in [3.8, 4) is 22.6 Å². The largest absolute Gasteiger partial charge is 0.508 e. The molecule has 3 rings (SSSR count). The van der Waals surface area contributed by atoms with Crippen molar-refractivity contribution in [1.29, 1.82) is 0 Å². The van der Waals surface area contributed by atoms with Gasteiger partial charge in [0.25, 0.3) is 5.91 Å². The van der Waals surface area contributed by atoms with Crippen LogP contribution in [0, 0.1) is 0 Å². The van der Waals surface area contributed by atoms with E-state index < -0.39 is 0 Å². The van der Waals surface area contributed by atoms with E-state index in [1.165, 1.54) is 0 Å². The van der Waals surface area contributed by atoms with Crippen LogP contribution in [0.4, 0.5) is 0 Å². The molecule has 0 heterocycles. The van der Waals surface area contributed by atoms with Gasteiger partial charge in [-0.25, -0.2) is 0 Å². The highest BCUT2D eigenvalue weighted by Crippen LogP contribution is 2.24. The second kappa shape index (κ2) is 8.02. The van der Waals surface area contributed by atoms with Gasteiger partial charge in [-0.3, -0.25) is 4.79 Å². The maximum absolute atomic E-state index is 11.9. The van der Waals surface area contributed by atoms with Crippen LogP contribution in [-0.2, 0) is 11.3 Å². The average molecular weight is 333 g/mol. The fourth-order valence-corrected chi connectivity index (χ4v) is 2.39. The van der Waals surface area contributed by atoms with Crippen LogP contribution in [0.1, 0.15) is 5.56 Å². The Morgan fingerprint density at radius 1 is 0.840 bits per heavy atom. The van der Waals surface area contributed by atoms with Gasteiger partial charge in [0.2, 0.25) is 0 Å². The van der Waals surface area contributed by atoms with E-state index in [1.807, 2.05) is 66.7 Å². The van der Waals surface area contributed by atoms with Crippen molar-refractivity contribution in [2.45, 2.75) is 6.54 Å². The number of ether oxygens (including phenoxy) is 1. The van der Waals surface area contributed by atoms with Crippen LogP contribution in [0.15, 0.2) is 78.9 Å². The molecule has 0 bridgehead atoms. The first kappa shape index (κ1) is 16.6. The molecule has 0 unspecified atom stereocenters. The number of hydrogen-bond donors (Lipinski definition) is 2. The topological polar surface area (TPSA) is 58.6 Å². The first-order valence-electron chi connectivity index (χ1n) is 8.03. The molecule has 3 aromatic rings. The third-order valence-corrected chi connectivity index (χ3v) is 3.76. The summed E-state index contributed by atoms with van der Waals surface area (Å²) in [6.07, 6.45) is 0. The Bertz CT molecular complexity index is 812. The monoisotopic (exact) mass is 333 g/mol. The second-order valence-electron chi connectivity index (χ2n) is 5.62. The Hall–Kier alpha value is -3.27. The van der Waals surface area contributed by atoms with E-state index in [0.717, 1.165) is 16.7 Å². The number of aromatic hydroxyl groups is 1. The summed E-state index contributed by atoms with van der Waals surface area (Å²) in [5.41, 5.74) is 3.07. The minimum Gasteiger partial charge on any atom is -0.508 e. The number of rotatable bonds is 6. The molecule has 126 valence electrons. The van der Waals surface area contributed by atoms with E-state index in [4.69, 9.17) is 4.74 Å². The van der Waals surface area contributed by atoms with Gasteiger partial charge in [-0.15, -0.1) is 0 Å². The van der Waals surface area contributed by atoms with Gasteiger partial charge < -0.3 is 15.2 Å². The van der Waals surface area contributed by atoms with Crippen molar-refractivity contribution in [3.05, 3.63) is 84.4 Å². The second-order valence-corrected chi connectivity index (χ2v) is 5.62. The van der Waals surface area contributed by atoms with Gasteiger partial charge in [0.05, 0.1) is 0 Å². The zero-order valence-electron chi connectivity index (χ0n) is 13.7. The third-order valence-electron chi connectivity index (χ3n) is 3.76. The molecule has 0 saturated heterocycles. The van der Waals surface area contributed by atoms with Gasteiger partial charge in [-0.05, 0) is 41.0 Å². The molecule has 0 aliphatic heterocycles. The predicted molar refractivity (Wildman–Crippen MR) is 97.3 cm³/mol.